The lowest BCUT2D eigenvalue weighted by molar-refractivity contribution is 0.195. The van der Waals surface area contributed by atoms with Crippen molar-refractivity contribution in [1.82, 2.24) is 4.31 Å². The second-order valence-electron chi connectivity index (χ2n) is 6.63. The lowest BCUT2D eigenvalue weighted by atomic mass is 9.94. The third kappa shape index (κ3) is 4.21. The summed E-state index contributed by atoms with van der Waals surface area (Å²) in [6.45, 7) is 8.64. The van der Waals surface area contributed by atoms with Crippen LogP contribution >= 0.6 is 0 Å². The highest BCUT2D eigenvalue weighted by Gasteiger charge is 2.36. The Morgan fingerprint density at radius 1 is 1.28 bits per heavy atom. The summed E-state index contributed by atoms with van der Waals surface area (Å²) in [6, 6.07) is 0.0935. The molecule has 1 heterocycles. The SMILES string of the molecule is CC1CCCC(CN)N1S(=O)(=O)CCC(C)(C)C. The minimum Gasteiger partial charge on any atom is -0.329 e. The zero-order valence-electron chi connectivity index (χ0n) is 12.1. The fraction of sp³-hybridized carbons (Fsp3) is 1.00. The van der Waals surface area contributed by atoms with Crippen LogP contribution in [-0.4, -0.2) is 37.1 Å². The largest absolute Gasteiger partial charge is 0.329 e. The van der Waals surface area contributed by atoms with Crippen molar-refractivity contribution in [1.29, 1.82) is 0 Å². The quantitative estimate of drug-likeness (QED) is 0.853. The van der Waals surface area contributed by atoms with E-state index in [9.17, 15) is 8.42 Å². The minimum absolute atomic E-state index is 0.00119. The second kappa shape index (κ2) is 5.88. The highest BCUT2D eigenvalue weighted by Crippen LogP contribution is 2.28. The number of hydrogen-bond donors (Lipinski definition) is 1. The van der Waals surface area contributed by atoms with E-state index in [1.165, 1.54) is 0 Å². The Balaban J connectivity index is 2.80. The Morgan fingerprint density at radius 3 is 2.39 bits per heavy atom. The third-order valence-electron chi connectivity index (χ3n) is 3.66. The van der Waals surface area contributed by atoms with Gasteiger partial charge in [-0.1, -0.05) is 27.2 Å². The molecule has 0 aromatic carbocycles. The summed E-state index contributed by atoms with van der Waals surface area (Å²) in [5, 5.41) is 0. The summed E-state index contributed by atoms with van der Waals surface area (Å²) in [6.07, 6.45) is 3.62. The van der Waals surface area contributed by atoms with Gasteiger partial charge in [-0.25, -0.2) is 8.42 Å². The molecule has 0 aromatic rings. The Labute approximate surface area is 112 Å². The zero-order valence-corrected chi connectivity index (χ0v) is 13.0. The van der Waals surface area contributed by atoms with Crippen molar-refractivity contribution in [2.24, 2.45) is 11.1 Å². The average Bonchev–Trinajstić information content (AvgIpc) is 2.25. The summed E-state index contributed by atoms with van der Waals surface area (Å²) >= 11 is 0. The van der Waals surface area contributed by atoms with Crippen LogP contribution in [0.1, 0.15) is 53.4 Å². The Kier molecular flexibility index (Phi) is 5.21. The maximum atomic E-state index is 12.5. The molecule has 2 atom stereocenters. The highest BCUT2D eigenvalue weighted by molar-refractivity contribution is 7.89. The summed E-state index contributed by atoms with van der Waals surface area (Å²) < 4.78 is 26.6. The predicted octanol–water partition coefficient (Wildman–Crippen LogP) is 1.95. The average molecular weight is 276 g/mol. The van der Waals surface area contributed by atoms with Crippen LogP contribution in [0.3, 0.4) is 0 Å². The monoisotopic (exact) mass is 276 g/mol. The maximum Gasteiger partial charge on any atom is 0.214 e. The van der Waals surface area contributed by atoms with Crippen LogP contribution in [0, 0.1) is 5.41 Å². The minimum atomic E-state index is -3.17. The molecule has 1 saturated heterocycles. The van der Waals surface area contributed by atoms with Crippen LogP contribution in [0.2, 0.25) is 0 Å². The van der Waals surface area contributed by atoms with E-state index in [1.807, 2.05) is 6.92 Å². The lowest BCUT2D eigenvalue weighted by Crippen LogP contribution is -2.52. The van der Waals surface area contributed by atoms with Gasteiger partial charge in [-0.05, 0) is 31.6 Å². The zero-order chi connectivity index (χ0) is 14.0. The van der Waals surface area contributed by atoms with E-state index in [2.05, 4.69) is 20.8 Å². The highest BCUT2D eigenvalue weighted by atomic mass is 32.2. The first-order valence-corrected chi connectivity index (χ1v) is 8.49. The van der Waals surface area contributed by atoms with Crippen molar-refractivity contribution in [3.05, 3.63) is 0 Å². The van der Waals surface area contributed by atoms with Gasteiger partial charge in [-0.2, -0.15) is 4.31 Å². The number of sulfonamides is 1. The van der Waals surface area contributed by atoms with Crippen LogP contribution in [-0.2, 0) is 10.0 Å². The van der Waals surface area contributed by atoms with Gasteiger partial charge in [0.2, 0.25) is 10.0 Å². The molecule has 18 heavy (non-hydrogen) atoms. The van der Waals surface area contributed by atoms with Gasteiger partial charge in [0.1, 0.15) is 0 Å². The molecule has 1 aliphatic rings. The first-order valence-electron chi connectivity index (χ1n) is 6.88. The Hall–Kier alpha value is -0.130. The van der Waals surface area contributed by atoms with E-state index in [0.29, 0.717) is 13.0 Å². The fourth-order valence-electron chi connectivity index (χ4n) is 2.53. The van der Waals surface area contributed by atoms with Crippen LogP contribution in [0.5, 0.6) is 0 Å². The lowest BCUT2D eigenvalue weighted by Gasteiger charge is -2.39. The molecule has 0 bridgehead atoms. The molecule has 0 amide bonds. The van der Waals surface area contributed by atoms with Crippen LogP contribution < -0.4 is 5.73 Å². The van der Waals surface area contributed by atoms with E-state index in [0.717, 1.165) is 19.3 Å². The van der Waals surface area contributed by atoms with Crippen LogP contribution in [0.15, 0.2) is 0 Å². The van der Waals surface area contributed by atoms with Crippen molar-refractivity contribution in [3.63, 3.8) is 0 Å². The molecule has 0 aliphatic carbocycles. The number of rotatable bonds is 4. The van der Waals surface area contributed by atoms with E-state index >= 15 is 0 Å². The molecule has 5 heteroatoms. The van der Waals surface area contributed by atoms with Crippen molar-refractivity contribution < 1.29 is 8.42 Å². The molecule has 1 aliphatic heterocycles. The molecule has 108 valence electrons. The van der Waals surface area contributed by atoms with Gasteiger partial charge < -0.3 is 5.73 Å². The van der Waals surface area contributed by atoms with Gasteiger partial charge in [0.15, 0.2) is 0 Å². The molecular weight excluding hydrogens is 248 g/mol. The fourth-order valence-corrected chi connectivity index (χ4v) is 4.91. The molecule has 0 radical (unpaired) electrons. The molecule has 1 fully saturated rings. The van der Waals surface area contributed by atoms with E-state index < -0.39 is 10.0 Å². The third-order valence-corrected chi connectivity index (χ3v) is 5.68. The molecule has 0 spiro atoms. The molecule has 0 aromatic heterocycles. The predicted molar refractivity (Wildman–Crippen MR) is 75.9 cm³/mol. The summed E-state index contributed by atoms with van der Waals surface area (Å²) in [5.74, 6) is 0.233. The van der Waals surface area contributed by atoms with Crippen molar-refractivity contribution in [2.75, 3.05) is 12.3 Å². The van der Waals surface area contributed by atoms with E-state index in [1.54, 1.807) is 4.31 Å². The van der Waals surface area contributed by atoms with Gasteiger partial charge in [-0.3, -0.25) is 0 Å². The number of piperidine rings is 1. The summed E-state index contributed by atoms with van der Waals surface area (Å²) in [5.41, 5.74) is 5.77. The number of nitrogens with zero attached hydrogens (tertiary/aromatic N) is 1. The number of hydrogen-bond acceptors (Lipinski definition) is 3. The molecule has 0 saturated carbocycles. The molecular formula is C13H28N2O2S. The first kappa shape index (κ1) is 15.9. The molecule has 2 unspecified atom stereocenters. The normalized spacial score (nSPS) is 27.4. The maximum absolute atomic E-state index is 12.5. The van der Waals surface area contributed by atoms with Crippen molar-refractivity contribution in [3.8, 4) is 0 Å². The van der Waals surface area contributed by atoms with Crippen molar-refractivity contribution >= 4 is 10.0 Å². The van der Waals surface area contributed by atoms with Gasteiger partial charge in [0.25, 0.3) is 0 Å². The topological polar surface area (TPSA) is 63.4 Å². The second-order valence-corrected chi connectivity index (χ2v) is 8.62. The van der Waals surface area contributed by atoms with Gasteiger partial charge >= 0.3 is 0 Å². The molecule has 2 N–H and O–H groups in total. The van der Waals surface area contributed by atoms with E-state index in [-0.39, 0.29) is 23.3 Å². The van der Waals surface area contributed by atoms with Crippen LogP contribution in [0.25, 0.3) is 0 Å². The Morgan fingerprint density at radius 2 is 1.89 bits per heavy atom. The van der Waals surface area contributed by atoms with E-state index in [4.69, 9.17) is 5.73 Å². The van der Waals surface area contributed by atoms with Gasteiger partial charge in [0.05, 0.1) is 5.75 Å². The number of nitrogens with two attached hydrogens (primary N) is 1. The molecule has 4 nitrogen and oxygen atoms in total. The summed E-state index contributed by atoms with van der Waals surface area (Å²) in [4.78, 5) is 0. The van der Waals surface area contributed by atoms with Crippen LogP contribution in [0.4, 0.5) is 0 Å². The smallest absolute Gasteiger partial charge is 0.214 e. The first-order chi connectivity index (χ1) is 8.17. The summed E-state index contributed by atoms with van der Waals surface area (Å²) in [7, 11) is -3.17. The van der Waals surface area contributed by atoms with Gasteiger partial charge in [0, 0.05) is 18.6 Å². The molecule has 1 rings (SSSR count). The van der Waals surface area contributed by atoms with Crippen molar-refractivity contribution in [2.45, 2.75) is 65.5 Å². The van der Waals surface area contributed by atoms with Gasteiger partial charge in [-0.15, -0.1) is 0 Å². The Bertz CT molecular complexity index is 360. The standard InChI is InChI=1S/C13H28N2O2S/c1-11-6-5-7-12(10-14)15(11)18(16,17)9-8-13(2,3)4/h11-12H,5-10,14H2,1-4H3.